The zero-order valence-corrected chi connectivity index (χ0v) is 12.3. The Morgan fingerprint density at radius 2 is 2.14 bits per heavy atom. The van der Waals surface area contributed by atoms with Crippen LogP contribution in [-0.2, 0) is 4.74 Å². The molecule has 0 amide bonds. The molecule has 0 unspecified atom stereocenters. The minimum absolute atomic E-state index is 0.109. The molecule has 3 aliphatic rings. The number of aliphatic imine (C=N–C) groups is 1. The Morgan fingerprint density at radius 3 is 2.81 bits per heavy atom. The van der Waals surface area contributed by atoms with Crippen molar-refractivity contribution in [3.63, 3.8) is 0 Å². The molecule has 0 N–H and O–H groups in total. The zero-order valence-electron chi connectivity index (χ0n) is 12.3. The standard InChI is InChI=1S/C17H16N2O2/c1-10-8-16(2)17(10,9-18)14-13(15(19-16)20-3)11-6-4-5-7-12(11)21-14/h4-8,13-14H,1-3H3/t13-,14+,16-,17-/m1/s1. The van der Waals surface area contributed by atoms with Crippen LogP contribution in [0.25, 0.3) is 0 Å². The van der Waals surface area contributed by atoms with E-state index in [1.54, 1.807) is 7.11 Å². The Labute approximate surface area is 123 Å². The van der Waals surface area contributed by atoms with Crippen LogP contribution in [0.2, 0.25) is 0 Å². The lowest BCUT2D eigenvalue weighted by molar-refractivity contribution is 0.0501. The fraction of sp³-hybridized carbons (Fsp3) is 0.412. The number of hydrogen-bond donors (Lipinski definition) is 0. The zero-order chi connectivity index (χ0) is 14.8. The summed E-state index contributed by atoms with van der Waals surface area (Å²) < 4.78 is 11.7. The molecular formula is C17H16N2O2. The highest BCUT2D eigenvalue weighted by atomic mass is 16.5. The Hall–Kier alpha value is -2.28. The van der Waals surface area contributed by atoms with Gasteiger partial charge in [0.25, 0.3) is 0 Å². The average molecular weight is 280 g/mol. The van der Waals surface area contributed by atoms with Gasteiger partial charge in [0.2, 0.25) is 0 Å². The molecule has 1 aromatic rings. The van der Waals surface area contributed by atoms with Crippen LogP contribution in [0.5, 0.6) is 5.75 Å². The van der Waals surface area contributed by atoms with Crippen LogP contribution in [0.15, 0.2) is 40.9 Å². The summed E-state index contributed by atoms with van der Waals surface area (Å²) >= 11 is 0. The Morgan fingerprint density at radius 1 is 1.38 bits per heavy atom. The van der Waals surface area contributed by atoms with Crippen LogP contribution in [0.4, 0.5) is 0 Å². The largest absolute Gasteiger partial charge is 0.487 e. The number of rotatable bonds is 0. The van der Waals surface area contributed by atoms with Crippen molar-refractivity contribution in [2.75, 3.05) is 7.11 Å². The smallest absolute Gasteiger partial charge is 0.195 e. The predicted molar refractivity (Wildman–Crippen MR) is 78.3 cm³/mol. The van der Waals surface area contributed by atoms with E-state index >= 15 is 0 Å². The molecule has 1 aliphatic carbocycles. The number of benzene rings is 1. The van der Waals surface area contributed by atoms with Crippen LogP contribution >= 0.6 is 0 Å². The number of ether oxygens (including phenoxy) is 2. The van der Waals surface area contributed by atoms with E-state index < -0.39 is 11.0 Å². The summed E-state index contributed by atoms with van der Waals surface area (Å²) in [7, 11) is 1.63. The predicted octanol–water partition coefficient (Wildman–Crippen LogP) is 2.82. The van der Waals surface area contributed by atoms with Crippen molar-refractivity contribution in [1.82, 2.24) is 0 Å². The van der Waals surface area contributed by atoms with Crippen molar-refractivity contribution in [3.05, 3.63) is 41.5 Å². The van der Waals surface area contributed by atoms with Gasteiger partial charge in [0.1, 0.15) is 28.7 Å². The molecule has 0 aromatic heterocycles. The maximum Gasteiger partial charge on any atom is 0.195 e. The van der Waals surface area contributed by atoms with E-state index in [-0.39, 0.29) is 12.0 Å². The van der Waals surface area contributed by atoms with E-state index in [0.29, 0.717) is 5.90 Å². The third-order valence-electron chi connectivity index (χ3n) is 5.15. The quantitative estimate of drug-likeness (QED) is 0.687. The lowest BCUT2D eigenvalue weighted by Gasteiger charge is -2.54. The van der Waals surface area contributed by atoms with Crippen LogP contribution in [-0.4, -0.2) is 24.7 Å². The van der Waals surface area contributed by atoms with E-state index in [0.717, 1.165) is 16.9 Å². The first-order valence-corrected chi connectivity index (χ1v) is 7.08. The highest BCUT2D eigenvalue weighted by Crippen LogP contribution is 2.62. The molecule has 4 rings (SSSR count). The van der Waals surface area contributed by atoms with Crippen LogP contribution < -0.4 is 4.74 Å². The second-order valence-electron chi connectivity index (χ2n) is 6.10. The Bertz CT molecular complexity index is 745. The van der Waals surface area contributed by atoms with Crippen molar-refractivity contribution in [3.8, 4) is 11.8 Å². The monoisotopic (exact) mass is 280 g/mol. The van der Waals surface area contributed by atoms with Gasteiger partial charge in [-0.25, -0.2) is 4.99 Å². The van der Waals surface area contributed by atoms with Crippen LogP contribution in [0.3, 0.4) is 0 Å². The second-order valence-corrected chi connectivity index (χ2v) is 6.10. The molecule has 0 spiro atoms. The van der Waals surface area contributed by atoms with Gasteiger partial charge in [-0.15, -0.1) is 0 Å². The molecule has 0 saturated carbocycles. The maximum absolute atomic E-state index is 9.91. The van der Waals surface area contributed by atoms with E-state index in [2.05, 4.69) is 6.07 Å². The molecule has 2 aliphatic heterocycles. The first-order valence-electron chi connectivity index (χ1n) is 7.08. The van der Waals surface area contributed by atoms with Crippen LogP contribution in [0.1, 0.15) is 25.3 Å². The molecule has 106 valence electrons. The number of methoxy groups -OCH3 is 1. The third-order valence-corrected chi connectivity index (χ3v) is 5.15. The normalized spacial score (nSPS) is 38.6. The summed E-state index contributed by atoms with van der Waals surface area (Å²) in [5.74, 6) is 1.38. The van der Waals surface area contributed by atoms with Crippen molar-refractivity contribution >= 4 is 5.90 Å². The topological polar surface area (TPSA) is 54.6 Å². The lowest BCUT2D eigenvalue weighted by Crippen LogP contribution is -2.63. The summed E-state index contributed by atoms with van der Waals surface area (Å²) in [6.45, 7) is 3.96. The van der Waals surface area contributed by atoms with Gasteiger partial charge in [0, 0.05) is 5.56 Å². The molecule has 21 heavy (non-hydrogen) atoms. The number of nitrogens with zero attached hydrogens (tertiary/aromatic N) is 2. The SMILES string of the molecule is COC1=N[C@]2(C)C=C(C)[C@]2(C#N)[C@H]2Oc3ccccc3[C@@H]12. The number of nitriles is 1. The van der Waals surface area contributed by atoms with Crippen molar-refractivity contribution in [2.45, 2.75) is 31.4 Å². The Kier molecular flexibility index (Phi) is 2.18. The van der Waals surface area contributed by atoms with Gasteiger partial charge >= 0.3 is 0 Å². The van der Waals surface area contributed by atoms with Gasteiger partial charge in [-0.3, -0.25) is 0 Å². The fourth-order valence-corrected chi connectivity index (χ4v) is 4.15. The molecule has 1 aromatic carbocycles. The minimum atomic E-state index is -0.710. The van der Waals surface area contributed by atoms with Crippen molar-refractivity contribution in [1.29, 1.82) is 5.26 Å². The molecule has 0 saturated heterocycles. The summed E-state index contributed by atoms with van der Waals surface area (Å²) in [6.07, 6.45) is 1.76. The molecule has 4 atom stereocenters. The Balaban J connectivity index is 1.97. The summed E-state index contributed by atoms with van der Waals surface area (Å²) in [6, 6.07) is 10.4. The summed E-state index contributed by atoms with van der Waals surface area (Å²) in [5, 5.41) is 9.91. The van der Waals surface area contributed by atoms with Gasteiger partial charge < -0.3 is 9.47 Å². The fourth-order valence-electron chi connectivity index (χ4n) is 4.15. The van der Waals surface area contributed by atoms with Gasteiger partial charge in [-0.1, -0.05) is 24.3 Å². The van der Waals surface area contributed by atoms with Crippen molar-refractivity contribution < 1.29 is 9.47 Å². The maximum atomic E-state index is 9.91. The van der Waals surface area contributed by atoms with E-state index in [9.17, 15) is 5.26 Å². The molecule has 0 bridgehead atoms. The van der Waals surface area contributed by atoms with Gasteiger partial charge in [-0.05, 0) is 25.5 Å². The molecular weight excluding hydrogens is 264 g/mol. The van der Waals surface area contributed by atoms with E-state index in [4.69, 9.17) is 14.5 Å². The number of fused-ring (bicyclic) bond motifs is 5. The molecule has 4 heteroatoms. The minimum Gasteiger partial charge on any atom is -0.487 e. The first kappa shape index (κ1) is 12.5. The van der Waals surface area contributed by atoms with E-state index in [1.165, 1.54) is 0 Å². The van der Waals surface area contributed by atoms with Gasteiger partial charge in [-0.2, -0.15) is 5.26 Å². The molecule has 0 fully saturated rings. The van der Waals surface area contributed by atoms with E-state index in [1.807, 2.05) is 44.2 Å². The number of hydrogen-bond acceptors (Lipinski definition) is 4. The first-order chi connectivity index (χ1) is 10.1. The number of para-hydroxylation sites is 1. The summed E-state index contributed by atoms with van der Waals surface area (Å²) in [4.78, 5) is 4.75. The van der Waals surface area contributed by atoms with Crippen LogP contribution in [0, 0.1) is 16.7 Å². The van der Waals surface area contributed by atoms with Crippen molar-refractivity contribution in [2.24, 2.45) is 10.4 Å². The highest BCUT2D eigenvalue weighted by molar-refractivity contribution is 5.89. The highest BCUT2D eigenvalue weighted by Gasteiger charge is 2.69. The van der Waals surface area contributed by atoms with Gasteiger partial charge in [0.15, 0.2) is 5.90 Å². The van der Waals surface area contributed by atoms with Gasteiger partial charge in [0.05, 0.1) is 13.2 Å². The molecule has 0 radical (unpaired) electrons. The molecule has 4 nitrogen and oxygen atoms in total. The third kappa shape index (κ3) is 1.19. The average Bonchev–Trinajstić information content (AvgIpc) is 2.84. The lowest BCUT2D eigenvalue weighted by atomic mass is 9.51. The molecule has 2 heterocycles. The summed E-state index contributed by atoms with van der Waals surface area (Å²) in [5.41, 5.74) is 0.813. The second kappa shape index (κ2) is 3.67.